The molecule has 0 N–H and O–H groups in total. The Bertz CT molecular complexity index is 3310. The first kappa shape index (κ1) is 47.4. The van der Waals surface area contributed by atoms with Gasteiger partial charge >= 0.3 is 0 Å². The molecular formula is C72H24. The van der Waals surface area contributed by atoms with Gasteiger partial charge in [-0.15, -0.1) is 0 Å². The molecule has 312 valence electrons. The summed E-state index contributed by atoms with van der Waals surface area (Å²) in [5.74, 6) is 103. The molecule has 0 amide bonds. The van der Waals surface area contributed by atoms with Crippen LogP contribution in [-0.2, 0) is 0 Å². The molecule has 0 atom stereocenters. The van der Waals surface area contributed by atoms with Crippen LogP contribution in [0.25, 0.3) is 0 Å². The van der Waals surface area contributed by atoms with E-state index in [9.17, 15) is 0 Å². The molecule has 0 heterocycles. The van der Waals surface area contributed by atoms with E-state index in [1.165, 1.54) is 0 Å². The number of rotatable bonds is 0. The minimum Gasteiger partial charge on any atom is -0.0528 e. The molecule has 0 fully saturated rings. The van der Waals surface area contributed by atoms with E-state index >= 15 is 0 Å². The van der Waals surface area contributed by atoms with Crippen molar-refractivity contribution in [1.29, 1.82) is 0 Å². The van der Waals surface area contributed by atoms with Crippen molar-refractivity contribution in [1.82, 2.24) is 0 Å². The lowest BCUT2D eigenvalue weighted by atomic mass is 10.1. The molecule has 0 unspecified atom stereocenters. The lowest BCUT2D eigenvalue weighted by molar-refractivity contribution is 1.60. The van der Waals surface area contributed by atoms with Gasteiger partial charge in [-0.25, -0.2) is 0 Å². The average molecular weight is 889 g/mol. The van der Waals surface area contributed by atoms with Gasteiger partial charge in [0.05, 0.1) is 0 Å². The average Bonchev–Trinajstić information content (AvgIpc) is 3.42. The van der Waals surface area contributed by atoms with Crippen molar-refractivity contribution >= 4 is 0 Å². The molecule has 0 radical (unpaired) electrons. The molecule has 0 heteroatoms. The lowest BCUT2D eigenvalue weighted by Gasteiger charge is -1.90. The second-order valence-corrected chi connectivity index (χ2v) is 14.0. The van der Waals surface area contributed by atoms with Crippen molar-refractivity contribution in [3.8, 4) is 213 Å². The van der Waals surface area contributed by atoms with E-state index in [1.807, 2.05) is 146 Å². The first-order chi connectivity index (χ1) is 35.7. The zero-order chi connectivity index (χ0) is 49.4. The monoisotopic (exact) mass is 888 g/mol. The van der Waals surface area contributed by atoms with Gasteiger partial charge < -0.3 is 0 Å². The third kappa shape index (κ3) is 17.8. The van der Waals surface area contributed by atoms with Crippen molar-refractivity contribution in [2.75, 3.05) is 0 Å². The zero-order valence-electron chi connectivity index (χ0n) is 37.9. The van der Waals surface area contributed by atoms with Gasteiger partial charge in [0.15, 0.2) is 0 Å². The molecule has 0 nitrogen and oxygen atoms in total. The highest BCUT2D eigenvalue weighted by molar-refractivity contribution is 5.55. The topological polar surface area (TPSA) is 0 Å². The molecule has 0 aromatic heterocycles. The molecule has 0 spiro atoms. The smallest absolute Gasteiger partial charge is 0.0256 e. The Morgan fingerprint density at radius 1 is 0.0972 bits per heavy atom. The summed E-state index contributed by atoms with van der Waals surface area (Å²) in [6, 6.07) is 45.0. The van der Waals surface area contributed by atoms with E-state index in [4.69, 9.17) is 0 Å². The highest BCUT2D eigenvalue weighted by Gasteiger charge is 1.92. The normalized spacial score (nSPS) is 9.67. The number of hydrogen-bond donors (Lipinski definition) is 0. The molecule has 10 aliphatic rings. The van der Waals surface area contributed by atoms with Crippen LogP contribution in [0.1, 0.15) is 66.8 Å². The van der Waals surface area contributed by atoms with Crippen molar-refractivity contribution in [3.63, 3.8) is 0 Å². The highest BCUT2D eigenvalue weighted by Crippen LogP contribution is 2.06. The molecule has 12 bridgehead atoms. The van der Waals surface area contributed by atoms with Crippen LogP contribution in [0.3, 0.4) is 0 Å². The van der Waals surface area contributed by atoms with Crippen molar-refractivity contribution in [2.24, 2.45) is 0 Å². The van der Waals surface area contributed by atoms with Gasteiger partial charge in [-0.1, -0.05) is 71.0 Å². The molecule has 10 aliphatic carbocycles. The minimum absolute atomic E-state index is 0.806. The quantitative estimate of drug-likeness (QED) is 0.135. The third-order valence-electron chi connectivity index (χ3n) is 8.92. The number of hydrogen-bond acceptors (Lipinski definition) is 0. The Morgan fingerprint density at radius 3 is 0.236 bits per heavy atom. The van der Waals surface area contributed by atoms with Gasteiger partial charge in [0.25, 0.3) is 0 Å². The molecule has 16 rings (SSSR count). The first-order valence-electron chi connectivity index (χ1n) is 21.4. The molecule has 6 aromatic carbocycles. The predicted octanol–water partition coefficient (Wildman–Crippen LogP) is 8.44. The van der Waals surface area contributed by atoms with Crippen LogP contribution in [-0.4, -0.2) is 0 Å². The molecule has 72 heavy (non-hydrogen) atoms. The first-order valence-corrected chi connectivity index (χ1v) is 21.4. The third-order valence-corrected chi connectivity index (χ3v) is 8.92. The van der Waals surface area contributed by atoms with Crippen LogP contribution in [0.15, 0.2) is 146 Å². The summed E-state index contributed by atoms with van der Waals surface area (Å²) in [7, 11) is 0. The Morgan fingerprint density at radius 2 is 0.167 bits per heavy atom. The van der Waals surface area contributed by atoms with Crippen molar-refractivity contribution in [3.05, 3.63) is 212 Å². The SMILES string of the molecule is C1#CC#Cc2ccc(cc2)C#CC#CC#Cc2ccc(cc2)C#CC#CC#Cc2ccc(cc2)C#CC#CC#Cc2ccc(cc2)C#CC#CC#Cc2ccc(cc2)C#CC#CC#Cc2ccc(cc2)C#C1. The predicted molar refractivity (Wildman–Crippen MR) is 288 cm³/mol. The van der Waals surface area contributed by atoms with Gasteiger partial charge in [-0.2, -0.15) is 0 Å². The summed E-state index contributed by atoms with van der Waals surface area (Å²) in [6.45, 7) is 0. The molecular weight excluding hydrogens is 865 g/mol. The van der Waals surface area contributed by atoms with E-state index in [0.29, 0.717) is 0 Å². The molecule has 0 saturated carbocycles. The Hall–Kier alpha value is -12.6. The fourth-order valence-corrected chi connectivity index (χ4v) is 5.44. The van der Waals surface area contributed by atoms with Gasteiger partial charge in [0.2, 0.25) is 0 Å². The fourth-order valence-electron chi connectivity index (χ4n) is 5.44. The van der Waals surface area contributed by atoms with Crippen molar-refractivity contribution in [2.45, 2.75) is 0 Å². The fraction of sp³-hybridized carbons (Fsp3) is 0. The van der Waals surface area contributed by atoms with Crippen LogP contribution < -0.4 is 0 Å². The van der Waals surface area contributed by atoms with Crippen LogP contribution in [0.5, 0.6) is 0 Å². The maximum absolute atomic E-state index is 3.01. The second kappa shape index (κ2) is 27.7. The summed E-state index contributed by atoms with van der Waals surface area (Å²) in [4.78, 5) is 0. The van der Waals surface area contributed by atoms with Crippen LogP contribution in [0.4, 0.5) is 0 Å². The van der Waals surface area contributed by atoms with E-state index in [1.54, 1.807) is 0 Å². The molecule has 0 saturated heterocycles. The van der Waals surface area contributed by atoms with Gasteiger partial charge in [0.1, 0.15) is 0 Å². The van der Waals surface area contributed by atoms with Gasteiger partial charge in [-0.05, 0) is 288 Å². The number of benzene rings is 6. The van der Waals surface area contributed by atoms with Crippen LogP contribution in [0, 0.1) is 213 Å². The Balaban J connectivity index is 1.00. The summed E-state index contributed by atoms with van der Waals surface area (Å²) in [5, 5.41) is 0. The van der Waals surface area contributed by atoms with E-state index in [2.05, 4.69) is 213 Å². The molecule has 0 aliphatic heterocycles. The van der Waals surface area contributed by atoms with E-state index in [0.717, 1.165) is 66.8 Å². The van der Waals surface area contributed by atoms with Crippen molar-refractivity contribution < 1.29 is 0 Å². The standard InChI is InChI=1S/C72H24/c1-2-14-26-62-41-43-64(44-42-62)28-16-5-6-18-30-66-49-51-68(52-50-66)32-20-9-10-22-34-70-57-59-72(60-58-70)36-24-12-11-23-35-71-55-53-69(54-56-71)33-21-8-7-19-31-67-47-45-65(46-48-67)29-17-4-3-15-27-63-39-37-61(25-13-1)38-40-63/h37-60H. The summed E-state index contributed by atoms with van der Waals surface area (Å²) in [5.41, 5.74) is 9.68. The summed E-state index contributed by atoms with van der Waals surface area (Å²) < 4.78 is 0. The maximum atomic E-state index is 3.01. The Kier molecular flexibility index (Phi) is 18.2. The van der Waals surface area contributed by atoms with Gasteiger partial charge in [-0.3, -0.25) is 0 Å². The van der Waals surface area contributed by atoms with Gasteiger partial charge in [0, 0.05) is 66.8 Å². The summed E-state index contributed by atoms with van der Waals surface area (Å²) in [6.07, 6.45) is 0. The largest absolute Gasteiger partial charge is 0.0528 e. The zero-order valence-corrected chi connectivity index (χ0v) is 37.9. The Labute approximate surface area is 423 Å². The highest BCUT2D eigenvalue weighted by atomic mass is 14.0. The van der Waals surface area contributed by atoms with E-state index < -0.39 is 0 Å². The molecule has 6 aromatic rings. The lowest BCUT2D eigenvalue weighted by Crippen LogP contribution is -1.77. The van der Waals surface area contributed by atoms with Crippen LogP contribution >= 0.6 is 0 Å². The summed E-state index contributed by atoms with van der Waals surface area (Å²) >= 11 is 0. The van der Waals surface area contributed by atoms with Crippen LogP contribution in [0.2, 0.25) is 0 Å². The maximum Gasteiger partial charge on any atom is 0.0256 e. The second-order valence-electron chi connectivity index (χ2n) is 14.0. The minimum atomic E-state index is 0.806. The van der Waals surface area contributed by atoms with E-state index in [-0.39, 0.29) is 0 Å².